The molecule has 3 heterocycles. The second-order valence-corrected chi connectivity index (χ2v) is 5.85. The number of esters is 3. The van der Waals surface area contributed by atoms with Crippen LogP contribution in [0.5, 0.6) is 0 Å². The number of hydrogen-bond acceptors (Lipinski definition) is 9. The molecule has 3 rings (SSSR count). The van der Waals surface area contributed by atoms with Gasteiger partial charge in [0.2, 0.25) is 0 Å². The maximum atomic E-state index is 11.0. The van der Waals surface area contributed by atoms with Crippen molar-refractivity contribution in [3.63, 3.8) is 0 Å². The minimum Gasteiger partial charge on any atom is -0.462 e. The molecule has 9 heteroatoms. The standard InChI is InChI=1S/3C8H9NO2/c1-2-11-8(10)7-3-5-9-6-4-7;1-2-11-8(10)7-4-3-5-9-6-7;1-2-11-8(10)7-5-3-4-6-9-7/h3*3-6H,2H2,1H3. The molecule has 0 fully saturated rings. The Morgan fingerprint density at radius 2 is 1.24 bits per heavy atom. The maximum Gasteiger partial charge on any atom is 0.356 e. The van der Waals surface area contributed by atoms with E-state index in [9.17, 15) is 14.4 Å². The molecule has 0 aliphatic carbocycles. The van der Waals surface area contributed by atoms with Crippen LogP contribution in [-0.4, -0.2) is 52.7 Å². The normalized spacial score (nSPS) is 9.18. The van der Waals surface area contributed by atoms with Crippen molar-refractivity contribution in [1.82, 2.24) is 15.0 Å². The molecule has 3 aromatic rings. The van der Waals surface area contributed by atoms with Gasteiger partial charge >= 0.3 is 17.9 Å². The lowest BCUT2D eigenvalue weighted by Crippen LogP contribution is -2.05. The van der Waals surface area contributed by atoms with Crippen LogP contribution in [0.15, 0.2) is 73.4 Å². The van der Waals surface area contributed by atoms with E-state index in [2.05, 4.69) is 15.0 Å². The zero-order valence-corrected chi connectivity index (χ0v) is 18.8. The fourth-order valence-electron chi connectivity index (χ4n) is 2.09. The summed E-state index contributed by atoms with van der Waals surface area (Å²) in [6.07, 6.45) is 7.78. The lowest BCUT2D eigenvalue weighted by atomic mass is 10.3. The van der Waals surface area contributed by atoms with Crippen molar-refractivity contribution in [1.29, 1.82) is 0 Å². The summed E-state index contributed by atoms with van der Waals surface area (Å²) < 4.78 is 14.2. The molecule has 0 aromatic carbocycles. The maximum absolute atomic E-state index is 11.0. The lowest BCUT2D eigenvalue weighted by Gasteiger charge is -1.98. The van der Waals surface area contributed by atoms with Gasteiger partial charge in [-0.3, -0.25) is 9.97 Å². The summed E-state index contributed by atoms with van der Waals surface area (Å²) in [5, 5.41) is 0. The van der Waals surface area contributed by atoms with Crippen molar-refractivity contribution in [2.75, 3.05) is 19.8 Å². The summed E-state index contributed by atoms with van der Waals surface area (Å²) in [5.41, 5.74) is 1.39. The quantitative estimate of drug-likeness (QED) is 0.406. The number of pyridine rings is 3. The number of aromatic nitrogens is 3. The topological polar surface area (TPSA) is 118 Å². The van der Waals surface area contributed by atoms with E-state index in [4.69, 9.17) is 14.2 Å². The molecule has 0 N–H and O–H groups in total. The van der Waals surface area contributed by atoms with Crippen LogP contribution in [0.2, 0.25) is 0 Å². The number of carbonyl (C=O) groups excluding carboxylic acids is 3. The van der Waals surface area contributed by atoms with Gasteiger partial charge in [-0.25, -0.2) is 19.4 Å². The third-order valence-corrected chi connectivity index (χ3v) is 3.51. The van der Waals surface area contributed by atoms with Crippen LogP contribution < -0.4 is 0 Å². The second-order valence-electron chi connectivity index (χ2n) is 5.85. The summed E-state index contributed by atoms with van der Waals surface area (Å²) in [6, 6.07) is 11.7. The molecular formula is C24H27N3O6. The predicted octanol–water partition coefficient (Wildman–Crippen LogP) is 3.77. The largest absolute Gasteiger partial charge is 0.462 e. The van der Waals surface area contributed by atoms with Crippen LogP contribution in [0.4, 0.5) is 0 Å². The Labute approximate surface area is 192 Å². The number of carbonyl (C=O) groups is 3. The van der Waals surface area contributed by atoms with Gasteiger partial charge in [0.15, 0.2) is 0 Å². The summed E-state index contributed by atoms with van der Waals surface area (Å²) >= 11 is 0. The van der Waals surface area contributed by atoms with Gasteiger partial charge in [0.1, 0.15) is 5.69 Å². The highest BCUT2D eigenvalue weighted by Gasteiger charge is 2.05. The van der Waals surface area contributed by atoms with E-state index in [1.807, 2.05) is 0 Å². The summed E-state index contributed by atoms with van der Waals surface area (Å²) in [7, 11) is 0. The average molecular weight is 453 g/mol. The zero-order chi connectivity index (χ0) is 24.3. The van der Waals surface area contributed by atoms with E-state index >= 15 is 0 Å². The Morgan fingerprint density at radius 3 is 1.76 bits per heavy atom. The van der Waals surface area contributed by atoms with Gasteiger partial charge in [-0.2, -0.15) is 0 Å². The van der Waals surface area contributed by atoms with Gasteiger partial charge < -0.3 is 14.2 Å². The van der Waals surface area contributed by atoms with E-state index in [1.54, 1.807) is 88.0 Å². The molecule has 0 bridgehead atoms. The van der Waals surface area contributed by atoms with Gasteiger partial charge in [-0.1, -0.05) is 6.07 Å². The predicted molar refractivity (Wildman–Crippen MR) is 121 cm³/mol. The van der Waals surface area contributed by atoms with Crippen LogP contribution in [0.1, 0.15) is 52.0 Å². The number of nitrogens with zero attached hydrogens (tertiary/aromatic N) is 3. The van der Waals surface area contributed by atoms with Crippen LogP contribution >= 0.6 is 0 Å². The van der Waals surface area contributed by atoms with Crippen LogP contribution in [0, 0.1) is 0 Å². The second kappa shape index (κ2) is 16.5. The Kier molecular flexibility index (Phi) is 13.5. The Balaban J connectivity index is 0.000000247. The SMILES string of the molecule is CCOC(=O)c1ccccn1.CCOC(=O)c1cccnc1.CCOC(=O)c1ccncc1. The lowest BCUT2D eigenvalue weighted by molar-refractivity contribution is 0.0512. The first-order chi connectivity index (χ1) is 16.0. The molecule has 0 radical (unpaired) electrons. The average Bonchev–Trinajstić information content (AvgIpc) is 2.87. The first-order valence-electron chi connectivity index (χ1n) is 10.3. The molecule has 0 aliphatic heterocycles. The minimum atomic E-state index is -0.367. The number of hydrogen-bond donors (Lipinski definition) is 0. The van der Waals surface area contributed by atoms with Crippen LogP contribution in [0.25, 0.3) is 0 Å². The molecule has 0 saturated carbocycles. The number of rotatable bonds is 6. The Hall–Kier alpha value is -4.14. The highest BCUT2D eigenvalue weighted by molar-refractivity contribution is 5.89. The first kappa shape index (κ1) is 26.9. The third-order valence-electron chi connectivity index (χ3n) is 3.51. The van der Waals surface area contributed by atoms with E-state index in [0.717, 1.165) is 0 Å². The summed E-state index contributed by atoms with van der Waals surface area (Å²) in [6.45, 7) is 6.50. The number of ether oxygens (including phenoxy) is 3. The fourth-order valence-corrected chi connectivity index (χ4v) is 2.09. The van der Waals surface area contributed by atoms with Crippen molar-refractivity contribution >= 4 is 17.9 Å². The molecule has 0 aliphatic rings. The molecule has 0 atom stereocenters. The zero-order valence-electron chi connectivity index (χ0n) is 18.8. The van der Waals surface area contributed by atoms with Gasteiger partial charge in [0, 0.05) is 31.0 Å². The van der Waals surface area contributed by atoms with E-state index in [0.29, 0.717) is 36.6 Å². The molecule has 0 saturated heterocycles. The monoisotopic (exact) mass is 453 g/mol. The smallest absolute Gasteiger partial charge is 0.356 e. The van der Waals surface area contributed by atoms with Crippen LogP contribution in [-0.2, 0) is 14.2 Å². The Morgan fingerprint density at radius 1 is 0.636 bits per heavy atom. The fraction of sp³-hybridized carbons (Fsp3) is 0.250. The summed E-state index contributed by atoms with van der Waals surface area (Å²) in [4.78, 5) is 44.3. The van der Waals surface area contributed by atoms with Crippen molar-refractivity contribution < 1.29 is 28.6 Å². The third kappa shape index (κ3) is 11.2. The first-order valence-corrected chi connectivity index (χ1v) is 10.3. The molecule has 9 nitrogen and oxygen atoms in total. The molecule has 0 spiro atoms. The van der Waals surface area contributed by atoms with Crippen molar-refractivity contribution in [2.24, 2.45) is 0 Å². The molecule has 3 aromatic heterocycles. The molecule has 0 amide bonds. The minimum absolute atomic E-state index is 0.296. The van der Waals surface area contributed by atoms with Crippen molar-refractivity contribution in [3.05, 3.63) is 90.3 Å². The molecule has 0 unspecified atom stereocenters. The highest BCUT2D eigenvalue weighted by Crippen LogP contribution is 1.99. The van der Waals surface area contributed by atoms with E-state index in [-0.39, 0.29) is 17.9 Å². The van der Waals surface area contributed by atoms with Gasteiger partial charge in [0.05, 0.1) is 30.9 Å². The van der Waals surface area contributed by atoms with Gasteiger partial charge in [-0.15, -0.1) is 0 Å². The molecular weight excluding hydrogens is 426 g/mol. The van der Waals surface area contributed by atoms with E-state index < -0.39 is 0 Å². The van der Waals surface area contributed by atoms with Gasteiger partial charge in [-0.05, 0) is 57.2 Å². The Bertz CT molecular complexity index is 827. The molecule has 33 heavy (non-hydrogen) atoms. The van der Waals surface area contributed by atoms with E-state index in [1.165, 1.54) is 6.20 Å². The highest BCUT2D eigenvalue weighted by atomic mass is 16.5. The molecule has 174 valence electrons. The van der Waals surface area contributed by atoms with Gasteiger partial charge in [0.25, 0.3) is 0 Å². The van der Waals surface area contributed by atoms with Crippen molar-refractivity contribution in [2.45, 2.75) is 20.8 Å². The van der Waals surface area contributed by atoms with Crippen molar-refractivity contribution in [3.8, 4) is 0 Å². The summed E-state index contributed by atoms with van der Waals surface area (Å²) in [5.74, 6) is -0.983. The van der Waals surface area contributed by atoms with Crippen LogP contribution in [0.3, 0.4) is 0 Å².